The van der Waals surface area contributed by atoms with Crippen molar-refractivity contribution in [2.75, 3.05) is 18.0 Å². The number of Topliss-reactive ketones (excluding diaryl/α,β-unsaturated/α-hetero) is 1. The van der Waals surface area contributed by atoms with Crippen LogP contribution in [0.15, 0.2) is 24.3 Å². The van der Waals surface area contributed by atoms with Gasteiger partial charge in [-0.3, -0.25) is 4.79 Å². The summed E-state index contributed by atoms with van der Waals surface area (Å²) < 4.78 is 0. The van der Waals surface area contributed by atoms with Gasteiger partial charge in [0.05, 0.1) is 0 Å². The van der Waals surface area contributed by atoms with Gasteiger partial charge in [-0.05, 0) is 44.7 Å². The van der Waals surface area contributed by atoms with E-state index in [0.717, 1.165) is 24.7 Å². The number of nitrogens with zero attached hydrogens (tertiary/aromatic N) is 1. The van der Waals surface area contributed by atoms with Crippen LogP contribution in [0.5, 0.6) is 0 Å². The number of piperidine rings is 1. The van der Waals surface area contributed by atoms with E-state index in [2.05, 4.69) is 16.3 Å². The lowest BCUT2D eigenvalue weighted by molar-refractivity contribution is 0.101. The van der Waals surface area contributed by atoms with Crippen LogP contribution in [0.4, 0.5) is 5.69 Å². The van der Waals surface area contributed by atoms with Crippen LogP contribution in [0.1, 0.15) is 43.0 Å². The number of hydrogen-bond donors (Lipinski definition) is 1. The van der Waals surface area contributed by atoms with E-state index in [9.17, 15) is 4.79 Å². The van der Waals surface area contributed by atoms with Crippen molar-refractivity contribution in [3.63, 3.8) is 0 Å². The summed E-state index contributed by atoms with van der Waals surface area (Å²) in [5.74, 6) is 0.145. The largest absolute Gasteiger partial charge is 0.371 e. The monoisotopic (exact) mass is 258 g/mol. The van der Waals surface area contributed by atoms with Gasteiger partial charge in [0.1, 0.15) is 0 Å². The van der Waals surface area contributed by atoms with Crippen molar-refractivity contribution >= 4 is 11.5 Å². The van der Waals surface area contributed by atoms with Crippen molar-refractivity contribution in [2.45, 2.75) is 44.7 Å². The molecule has 0 atom stereocenters. The Balaban J connectivity index is 1.60. The van der Waals surface area contributed by atoms with Gasteiger partial charge in [-0.1, -0.05) is 12.1 Å². The molecule has 1 aliphatic carbocycles. The molecule has 0 aromatic heterocycles. The summed E-state index contributed by atoms with van der Waals surface area (Å²) in [4.78, 5) is 13.8. The predicted octanol–water partition coefficient (Wildman–Crippen LogP) is 2.61. The molecular formula is C16H22N2O. The molecule has 0 bridgehead atoms. The van der Waals surface area contributed by atoms with Gasteiger partial charge in [0, 0.05) is 36.4 Å². The lowest BCUT2D eigenvalue weighted by Crippen LogP contribution is -2.43. The average Bonchev–Trinajstić information content (AvgIpc) is 3.24. The van der Waals surface area contributed by atoms with Gasteiger partial charge in [-0.25, -0.2) is 0 Å². The third kappa shape index (κ3) is 3.16. The molecule has 1 saturated heterocycles. The van der Waals surface area contributed by atoms with Crippen LogP contribution in [0.3, 0.4) is 0 Å². The van der Waals surface area contributed by atoms with E-state index in [0.29, 0.717) is 6.04 Å². The molecular weight excluding hydrogens is 236 g/mol. The maximum atomic E-state index is 11.4. The number of carbonyl (C=O) groups excluding carboxylic acids is 1. The third-order valence-corrected chi connectivity index (χ3v) is 4.16. The molecule has 19 heavy (non-hydrogen) atoms. The molecule has 1 aromatic rings. The van der Waals surface area contributed by atoms with E-state index in [1.807, 2.05) is 18.2 Å². The van der Waals surface area contributed by atoms with Crippen molar-refractivity contribution in [2.24, 2.45) is 0 Å². The minimum Gasteiger partial charge on any atom is -0.371 e. The second kappa shape index (κ2) is 5.33. The lowest BCUT2D eigenvalue weighted by Gasteiger charge is -2.34. The molecule has 0 spiro atoms. The summed E-state index contributed by atoms with van der Waals surface area (Å²) in [6.45, 7) is 3.81. The van der Waals surface area contributed by atoms with Gasteiger partial charge in [-0.15, -0.1) is 0 Å². The van der Waals surface area contributed by atoms with Crippen molar-refractivity contribution in [3.05, 3.63) is 29.8 Å². The Labute approximate surface area is 115 Å². The topological polar surface area (TPSA) is 32.3 Å². The van der Waals surface area contributed by atoms with Gasteiger partial charge < -0.3 is 10.2 Å². The van der Waals surface area contributed by atoms with Crippen molar-refractivity contribution in [3.8, 4) is 0 Å². The molecule has 1 saturated carbocycles. The van der Waals surface area contributed by atoms with Gasteiger partial charge in [0.15, 0.2) is 5.78 Å². The van der Waals surface area contributed by atoms with Crippen LogP contribution >= 0.6 is 0 Å². The van der Waals surface area contributed by atoms with E-state index in [4.69, 9.17) is 0 Å². The van der Waals surface area contributed by atoms with Gasteiger partial charge in [-0.2, -0.15) is 0 Å². The van der Waals surface area contributed by atoms with Gasteiger partial charge in [0.2, 0.25) is 0 Å². The molecule has 2 fully saturated rings. The van der Waals surface area contributed by atoms with E-state index in [-0.39, 0.29) is 5.78 Å². The van der Waals surface area contributed by atoms with Crippen molar-refractivity contribution in [1.82, 2.24) is 5.32 Å². The first-order valence-electron chi connectivity index (χ1n) is 7.34. The van der Waals surface area contributed by atoms with Gasteiger partial charge >= 0.3 is 0 Å². The number of benzene rings is 1. The van der Waals surface area contributed by atoms with E-state index >= 15 is 0 Å². The van der Waals surface area contributed by atoms with Crippen LogP contribution in [-0.4, -0.2) is 31.0 Å². The Morgan fingerprint density at radius 2 is 1.84 bits per heavy atom. The maximum Gasteiger partial charge on any atom is 0.159 e. The summed E-state index contributed by atoms with van der Waals surface area (Å²) in [7, 11) is 0. The highest BCUT2D eigenvalue weighted by molar-refractivity contribution is 5.94. The fourth-order valence-electron chi connectivity index (χ4n) is 2.81. The number of ketones is 1. The second-order valence-electron chi connectivity index (χ2n) is 5.81. The van der Waals surface area contributed by atoms with Crippen LogP contribution in [0.2, 0.25) is 0 Å². The normalized spacial score (nSPS) is 20.6. The Morgan fingerprint density at radius 1 is 1.16 bits per heavy atom. The standard InChI is InChI=1S/C16H22N2O/c1-12(19)13-3-2-4-16(11-13)18-9-7-15(8-10-18)17-14-5-6-14/h2-4,11,14-15,17H,5-10H2,1H3. The molecule has 3 rings (SSSR count). The molecule has 1 aromatic carbocycles. The van der Waals surface area contributed by atoms with E-state index < -0.39 is 0 Å². The summed E-state index contributed by atoms with van der Waals surface area (Å²) in [5, 5.41) is 3.71. The first kappa shape index (κ1) is 12.7. The first-order valence-corrected chi connectivity index (χ1v) is 7.34. The third-order valence-electron chi connectivity index (χ3n) is 4.16. The summed E-state index contributed by atoms with van der Waals surface area (Å²) in [6.07, 6.45) is 5.14. The summed E-state index contributed by atoms with van der Waals surface area (Å²) >= 11 is 0. The molecule has 3 nitrogen and oxygen atoms in total. The predicted molar refractivity (Wildman–Crippen MR) is 77.8 cm³/mol. The number of carbonyl (C=O) groups is 1. The zero-order chi connectivity index (χ0) is 13.2. The molecule has 3 heteroatoms. The van der Waals surface area contributed by atoms with Crippen LogP contribution in [0.25, 0.3) is 0 Å². The molecule has 0 amide bonds. The molecule has 0 radical (unpaired) electrons. The highest BCUT2D eigenvalue weighted by atomic mass is 16.1. The molecule has 102 valence electrons. The molecule has 0 unspecified atom stereocenters. The van der Waals surface area contributed by atoms with Gasteiger partial charge in [0.25, 0.3) is 0 Å². The Kier molecular flexibility index (Phi) is 3.56. The smallest absolute Gasteiger partial charge is 0.159 e. The van der Waals surface area contributed by atoms with Crippen LogP contribution in [0, 0.1) is 0 Å². The molecule has 1 heterocycles. The zero-order valence-electron chi connectivity index (χ0n) is 11.6. The Hall–Kier alpha value is -1.35. The number of rotatable bonds is 4. The van der Waals surface area contributed by atoms with Crippen molar-refractivity contribution in [1.29, 1.82) is 0 Å². The first-order chi connectivity index (χ1) is 9.22. The maximum absolute atomic E-state index is 11.4. The Morgan fingerprint density at radius 3 is 2.47 bits per heavy atom. The molecule has 1 N–H and O–H groups in total. The second-order valence-corrected chi connectivity index (χ2v) is 5.81. The average molecular weight is 258 g/mol. The number of anilines is 1. The van der Waals surface area contributed by atoms with E-state index in [1.54, 1.807) is 6.92 Å². The quantitative estimate of drug-likeness (QED) is 0.843. The van der Waals surface area contributed by atoms with Crippen molar-refractivity contribution < 1.29 is 4.79 Å². The van der Waals surface area contributed by atoms with Crippen LogP contribution in [-0.2, 0) is 0 Å². The highest BCUT2D eigenvalue weighted by Gasteiger charge is 2.27. The molecule has 1 aliphatic heterocycles. The minimum absolute atomic E-state index is 0.145. The van der Waals surface area contributed by atoms with Crippen LogP contribution < -0.4 is 10.2 Å². The fourth-order valence-corrected chi connectivity index (χ4v) is 2.81. The summed E-state index contributed by atoms with van der Waals surface area (Å²) in [5.41, 5.74) is 2.01. The van der Waals surface area contributed by atoms with E-state index in [1.165, 1.54) is 31.4 Å². The SMILES string of the molecule is CC(=O)c1cccc(N2CCC(NC3CC3)CC2)c1. The molecule has 2 aliphatic rings. The Bertz CT molecular complexity index is 460. The highest BCUT2D eigenvalue weighted by Crippen LogP contribution is 2.25. The fraction of sp³-hybridized carbons (Fsp3) is 0.562. The lowest BCUT2D eigenvalue weighted by atomic mass is 10.0. The summed E-state index contributed by atoms with van der Waals surface area (Å²) in [6, 6.07) is 9.52. The number of nitrogens with one attached hydrogen (secondary N) is 1. The zero-order valence-corrected chi connectivity index (χ0v) is 11.6. The minimum atomic E-state index is 0.145. The number of hydrogen-bond acceptors (Lipinski definition) is 3.